The third-order valence-corrected chi connectivity index (χ3v) is 8.69. The van der Waals surface area contributed by atoms with E-state index in [4.69, 9.17) is 15.2 Å². The Labute approximate surface area is 218 Å². The average Bonchev–Trinajstić information content (AvgIpc) is 3.32. The van der Waals surface area contributed by atoms with E-state index in [0.29, 0.717) is 36.2 Å². The summed E-state index contributed by atoms with van der Waals surface area (Å²) >= 11 is 0.925. The van der Waals surface area contributed by atoms with E-state index in [1.165, 1.54) is 6.20 Å². The maximum atomic E-state index is 16.3. The summed E-state index contributed by atoms with van der Waals surface area (Å²) in [5.74, 6) is -1.32. The van der Waals surface area contributed by atoms with Gasteiger partial charge in [-0.2, -0.15) is 10.2 Å². The van der Waals surface area contributed by atoms with Gasteiger partial charge in [0.2, 0.25) is 0 Å². The van der Waals surface area contributed by atoms with Crippen LogP contribution in [0.2, 0.25) is 0 Å². The van der Waals surface area contributed by atoms with E-state index >= 15 is 4.39 Å². The van der Waals surface area contributed by atoms with Gasteiger partial charge in [-0.1, -0.05) is 0 Å². The van der Waals surface area contributed by atoms with Crippen molar-refractivity contribution in [2.45, 2.75) is 32.2 Å². The highest BCUT2D eigenvalue weighted by molar-refractivity contribution is 7.23. The molecule has 1 saturated carbocycles. The molecule has 0 amide bonds. The van der Waals surface area contributed by atoms with Gasteiger partial charge in [-0.05, 0) is 24.0 Å². The first kappa shape index (κ1) is 23.6. The summed E-state index contributed by atoms with van der Waals surface area (Å²) in [5, 5.41) is 10.5. The molecule has 2 fully saturated rings. The summed E-state index contributed by atoms with van der Waals surface area (Å²) in [6, 6.07) is 2.04. The number of pyridine rings is 1. The number of hydrogen-bond acceptors (Lipinski definition) is 9. The zero-order chi connectivity index (χ0) is 26.2. The van der Waals surface area contributed by atoms with Crippen LogP contribution in [0.1, 0.15) is 29.5 Å². The predicted molar refractivity (Wildman–Crippen MR) is 134 cm³/mol. The fourth-order valence-corrected chi connectivity index (χ4v) is 6.38. The zero-order valence-electron chi connectivity index (χ0n) is 20.1. The van der Waals surface area contributed by atoms with Crippen molar-refractivity contribution in [3.05, 3.63) is 40.7 Å². The highest BCUT2D eigenvalue weighted by Crippen LogP contribution is 2.48. The van der Waals surface area contributed by atoms with Crippen molar-refractivity contribution in [3.8, 4) is 23.3 Å². The molecule has 2 aliphatic heterocycles. The SMILES string of the molecule is N#Cc1c(N)sc2c(F)cnc(-c3c4c(c5cnc(OCC6(CN7CC(F)C7)CC6)nc5c3F)COC4)c12. The molecule has 2 N–H and O–H groups in total. The van der Waals surface area contributed by atoms with E-state index in [1.807, 2.05) is 6.07 Å². The Morgan fingerprint density at radius 2 is 2.00 bits per heavy atom. The number of likely N-dealkylation sites (tertiary alicyclic amines) is 1. The van der Waals surface area contributed by atoms with Gasteiger partial charge in [0.1, 0.15) is 22.8 Å². The number of thiophene rings is 1. The third kappa shape index (κ3) is 3.60. The number of nitrogens with zero attached hydrogens (tertiary/aromatic N) is 5. The largest absolute Gasteiger partial charge is 0.463 e. The molecule has 0 bridgehead atoms. The maximum absolute atomic E-state index is 16.3. The standard InChI is InChI=1S/C26H21F3N6O2S/c27-12-6-35(7-12)10-26(1-2-26)11-37-25-33-4-14-15-8-36-9-16(15)18(20(29)21(14)34-25)22-19-13(3-30)24(31)38-23(19)17(28)5-32-22/h4-5,12H,1-2,6-11,31H2. The van der Waals surface area contributed by atoms with Crippen LogP contribution < -0.4 is 10.5 Å². The van der Waals surface area contributed by atoms with Crippen LogP contribution in [0, 0.1) is 28.4 Å². The van der Waals surface area contributed by atoms with Crippen LogP contribution >= 0.6 is 11.3 Å². The molecule has 3 aliphatic rings. The minimum atomic E-state index is -0.759. The summed E-state index contributed by atoms with van der Waals surface area (Å²) in [6.45, 7) is 2.34. The van der Waals surface area contributed by atoms with Crippen molar-refractivity contribution in [1.29, 1.82) is 5.26 Å². The molecule has 8 nitrogen and oxygen atoms in total. The summed E-state index contributed by atoms with van der Waals surface area (Å²) in [7, 11) is 0. The molecule has 3 aromatic heterocycles. The van der Waals surface area contributed by atoms with E-state index in [9.17, 15) is 14.0 Å². The lowest BCUT2D eigenvalue weighted by Crippen LogP contribution is -2.51. The molecule has 38 heavy (non-hydrogen) atoms. The van der Waals surface area contributed by atoms with Gasteiger partial charge in [-0.3, -0.25) is 9.88 Å². The van der Waals surface area contributed by atoms with E-state index in [0.717, 1.165) is 36.9 Å². The lowest BCUT2D eigenvalue weighted by molar-refractivity contribution is 0.0370. The van der Waals surface area contributed by atoms with Gasteiger partial charge in [-0.15, -0.1) is 11.3 Å². The van der Waals surface area contributed by atoms with Gasteiger partial charge >= 0.3 is 6.01 Å². The molecule has 5 heterocycles. The Bertz CT molecular complexity index is 1680. The van der Waals surface area contributed by atoms with Gasteiger partial charge in [-0.25, -0.2) is 18.2 Å². The van der Waals surface area contributed by atoms with Crippen LogP contribution in [-0.2, 0) is 18.0 Å². The van der Waals surface area contributed by atoms with Crippen molar-refractivity contribution in [2.24, 2.45) is 5.41 Å². The highest BCUT2D eigenvalue weighted by Gasteiger charge is 2.47. The number of nitriles is 1. The van der Waals surface area contributed by atoms with Gasteiger partial charge in [0.25, 0.3) is 0 Å². The Kier molecular flexibility index (Phi) is 5.27. The first-order chi connectivity index (χ1) is 18.4. The van der Waals surface area contributed by atoms with Crippen LogP contribution in [0.4, 0.5) is 18.2 Å². The number of aromatic nitrogens is 3. The number of nitrogen functional groups attached to an aromatic ring is 1. The number of hydrogen-bond donors (Lipinski definition) is 1. The zero-order valence-corrected chi connectivity index (χ0v) is 20.9. The molecular formula is C26H21F3N6O2S. The molecule has 1 aliphatic carbocycles. The molecular weight excluding hydrogens is 517 g/mol. The number of benzene rings is 1. The molecule has 0 spiro atoms. The van der Waals surface area contributed by atoms with E-state index in [-0.39, 0.29) is 62.1 Å². The molecule has 12 heteroatoms. The van der Waals surface area contributed by atoms with E-state index in [2.05, 4.69) is 19.9 Å². The summed E-state index contributed by atoms with van der Waals surface area (Å²) in [4.78, 5) is 15.0. The van der Waals surface area contributed by atoms with E-state index < -0.39 is 17.8 Å². The monoisotopic (exact) mass is 538 g/mol. The summed E-state index contributed by atoms with van der Waals surface area (Å²) in [6.07, 6.45) is 3.71. The van der Waals surface area contributed by atoms with Gasteiger partial charge in [0.05, 0.1) is 42.0 Å². The highest BCUT2D eigenvalue weighted by atomic mass is 32.1. The molecule has 0 unspecified atom stereocenters. The third-order valence-electron chi connectivity index (χ3n) is 7.66. The van der Waals surface area contributed by atoms with Crippen molar-refractivity contribution in [3.63, 3.8) is 0 Å². The number of fused-ring (bicyclic) bond motifs is 4. The Hall–Kier alpha value is -3.53. The molecule has 1 saturated heterocycles. The first-order valence-corrected chi connectivity index (χ1v) is 13.0. The first-order valence-electron chi connectivity index (χ1n) is 12.2. The van der Waals surface area contributed by atoms with Crippen LogP contribution in [-0.4, -0.2) is 52.3 Å². The molecule has 0 atom stereocenters. The quantitative estimate of drug-likeness (QED) is 0.383. The van der Waals surface area contributed by atoms with Crippen LogP contribution in [0.5, 0.6) is 6.01 Å². The van der Waals surface area contributed by atoms with Crippen molar-refractivity contribution < 1.29 is 22.6 Å². The summed E-state index contributed by atoms with van der Waals surface area (Å²) < 4.78 is 55.9. The average molecular weight is 539 g/mol. The number of halogens is 3. The molecule has 194 valence electrons. The van der Waals surface area contributed by atoms with Gasteiger partial charge in [0, 0.05) is 47.6 Å². The predicted octanol–water partition coefficient (Wildman–Crippen LogP) is 4.48. The number of nitrogens with two attached hydrogens (primary N) is 1. The maximum Gasteiger partial charge on any atom is 0.317 e. The normalized spacial score (nSPS) is 18.5. The second kappa shape index (κ2) is 8.49. The number of rotatable bonds is 6. The van der Waals surface area contributed by atoms with Crippen molar-refractivity contribution in [1.82, 2.24) is 19.9 Å². The van der Waals surface area contributed by atoms with Crippen LogP contribution in [0.3, 0.4) is 0 Å². The summed E-state index contributed by atoms with van der Waals surface area (Å²) in [5.41, 5.74) is 7.49. The topological polar surface area (TPSA) is 110 Å². The second-order valence-corrected chi connectivity index (χ2v) is 11.3. The lowest BCUT2D eigenvalue weighted by Gasteiger charge is -2.36. The fourth-order valence-electron chi connectivity index (χ4n) is 5.45. The van der Waals surface area contributed by atoms with Crippen LogP contribution in [0.25, 0.3) is 32.2 Å². The number of ether oxygens (including phenoxy) is 2. The van der Waals surface area contributed by atoms with E-state index in [1.54, 1.807) is 0 Å². The number of alkyl halides is 1. The molecule has 0 radical (unpaired) electrons. The Morgan fingerprint density at radius 1 is 1.21 bits per heavy atom. The van der Waals surface area contributed by atoms with Gasteiger partial charge in [0.15, 0.2) is 11.6 Å². The Morgan fingerprint density at radius 3 is 2.74 bits per heavy atom. The molecule has 4 aromatic rings. The lowest BCUT2D eigenvalue weighted by atomic mass is 9.94. The molecule has 1 aromatic carbocycles. The van der Waals surface area contributed by atoms with Crippen molar-refractivity contribution >= 4 is 37.3 Å². The fraction of sp³-hybridized carbons (Fsp3) is 0.385. The van der Waals surface area contributed by atoms with Crippen molar-refractivity contribution in [2.75, 3.05) is 32.0 Å². The minimum absolute atomic E-state index is 0.0306. The Balaban J connectivity index is 1.31. The van der Waals surface area contributed by atoms with Gasteiger partial charge < -0.3 is 15.2 Å². The van der Waals surface area contributed by atoms with Crippen LogP contribution in [0.15, 0.2) is 12.4 Å². The molecule has 7 rings (SSSR count). The minimum Gasteiger partial charge on any atom is -0.463 e. The smallest absolute Gasteiger partial charge is 0.317 e. The number of anilines is 1. The second-order valence-electron chi connectivity index (χ2n) is 10.2.